The van der Waals surface area contributed by atoms with E-state index in [1.165, 1.54) is 35.5 Å². The molecular weight excluding hydrogens is 728 g/mol. The van der Waals surface area contributed by atoms with Crippen molar-refractivity contribution in [3.63, 3.8) is 0 Å². The van der Waals surface area contributed by atoms with Crippen LogP contribution in [0.1, 0.15) is 44.5 Å². The predicted octanol–water partition coefficient (Wildman–Crippen LogP) is 7.86. The molecule has 2 atom stereocenters. The molecule has 0 radical (unpaired) electrons. The number of rotatable bonds is 15. The lowest BCUT2D eigenvalue weighted by Gasteiger charge is -2.25. The average molecular weight is 777 g/mol. The number of ether oxygens (including phenoxy) is 8. The van der Waals surface area contributed by atoms with Crippen LogP contribution in [0, 0.1) is 11.8 Å². The molecule has 0 aliphatic carbocycles. The molecule has 1 aliphatic rings. The summed E-state index contributed by atoms with van der Waals surface area (Å²) >= 11 is 0. The first-order valence-electron chi connectivity index (χ1n) is 17.0. The fourth-order valence-corrected chi connectivity index (χ4v) is 5.47. The maximum absolute atomic E-state index is 12.7. The van der Waals surface area contributed by atoms with Crippen LogP contribution >= 0.6 is 0 Å². The Labute approximate surface area is 325 Å². The topological polar surface area (TPSA) is 186 Å². The Balaban J connectivity index is 0.000000295. The number of carbonyl (C=O) groups is 4. The second-order valence-corrected chi connectivity index (χ2v) is 11.8. The Morgan fingerprint density at radius 3 is 1.71 bits per heavy atom. The monoisotopic (exact) mass is 776 g/mol. The first kappa shape index (κ1) is 43.8. The Morgan fingerprint density at radius 1 is 0.661 bits per heavy atom. The molecule has 0 aromatic heterocycles. The van der Waals surface area contributed by atoms with Crippen LogP contribution in [0.2, 0.25) is 0 Å². The lowest BCUT2D eigenvalue weighted by Crippen LogP contribution is -2.35. The summed E-state index contributed by atoms with van der Waals surface area (Å²) in [6, 6.07) is 18.1. The number of carboxylic acid groups (broad SMARTS) is 1. The van der Waals surface area contributed by atoms with Crippen LogP contribution in [0.15, 0.2) is 66.7 Å². The molecule has 56 heavy (non-hydrogen) atoms. The number of anilines is 2. The zero-order valence-corrected chi connectivity index (χ0v) is 31.8. The molecule has 3 N–H and O–H groups in total. The Hall–Kier alpha value is -6.64. The number of Topliss-reactive ketones (excluding diaryl/α,β-unsaturated/α-hetero) is 1. The zero-order chi connectivity index (χ0) is 40.2. The van der Waals surface area contributed by atoms with Gasteiger partial charge in [-0.15, -0.1) is 0 Å². The first-order chi connectivity index (χ1) is 26.4. The minimum atomic E-state index is -1.19. The van der Waals surface area contributed by atoms with Gasteiger partial charge in [-0.25, -0.2) is 0 Å². The van der Waals surface area contributed by atoms with Gasteiger partial charge in [-0.3, -0.25) is 19.2 Å². The van der Waals surface area contributed by atoms with Crippen LogP contribution in [0.3, 0.4) is 0 Å². The van der Waals surface area contributed by atoms with Crippen molar-refractivity contribution >= 4 is 34.9 Å². The fraction of sp³-hybridized carbons (Fsp3) is 0.317. The van der Waals surface area contributed by atoms with Crippen molar-refractivity contribution in [1.82, 2.24) is 0 Å². The van der Waals surface area contributed by atoms with Gasteiger partial charge in [-0.05, 0) is 55.3 Å². The number of ketones is 1. The maximum atomic E-state index is 12.7. The molecule has 15 heteroatoms. The van der Waals surface area contributed by atoms with Crippen molar-refractivity contribution in [1.29, 1.82) is 0 Å². The number of amides is 2. The Bertz CT molecular complexity index is 2030. The van der Waals surface area contributed by atoms with Crippen LogP contribution < -0.4 is 48.5 Å². The second kappa shape index (κ2) is 20.2. The number of methoxy groups -OCH3 is 6. The highest BCUT2D eigenvalue weighted by Gasteiger charge is 2.35. The number of hydrogen-bond acceptors (Lipinski definition) is 12. The Morgan fingerprint density at radius 2 is 1.18 bits per heavy atom. The highest BCUT2D eigenvalue weighted by Crippen LogP contribution is 2.43. The number of aliphatic carboxylic acids is 1. The van der Waals surface area contributed by atoms with Gasteiger partial charge in [0.2, 0.25) is 11.8 Å². The van der Waals surface area contributed by atoms with E-state index < -0.39 is 23.7 Å². The smallest absolute Gasteiger partial charge is 0.316 e. The normalized spacial score (nSPS) is 13.2. The molecule has 0 bridgehead atoms. The standard InChI is InChI=1S/C20H23NO7.C20H21NO6.CH4/c1-5-14(20(23)24)19(22)21-15-8-6-12(25-2)10-17(15)28-18-11-13(26-3)7-9-16(18)27-4;1-5-13-19(22)14-8-12(25-3)10-17(18(14)21-20(13)23)27-15-7-6-11(24-2)9-16(15)26-4;/h6-11,14H,5H2,1-4H3,(H,21,22)(H,23,24);6-10,13H,5H2,1-4H3,(H,21,23);1H4. The molecule has 1 heterocycles. The van der Waals surface area contributed by atoms with Crippen molar-refractivity contribution in [3.8, 4) is 57.5 Å². The van der Waals surface area contributed by atoms with Gasteiger partial charge < -0.3 is 53.6 Å². The molecule has 4 aromatic rings. The first-order valence-corrected chi connectivity index (χ1v) is 17.0. The summed E-state index contributed by atoms with van der Waals surface area (Å²) in [6.07, 6.45) is 0.584. The third kappa shape index (κ3) is 10.1. The van der Waals surface area contributed by atoms with E-state index >= 15 is 0 Å². The molecule has 2 amide bonds. The van der Waals surface area contributed by atoms with Gasteiger partial charge >= 0.3 is 5.97 Å². The van der Waals surface area contributed by atoms with E-state index in [2.05, 4.69) is 10.6 Å². The van der Waals surface area contributed by atoms with E-state index in [1.807, 2.05) is 0 Å². The van der Waals surface area contributed by atoms with Crippen molar-refractivity contribution < 1.29 is 62.2 Å². The van der Waals surface area contributed by atoms with Crippen LogP contribution in [0.25, 0.3) is 0 Å². The summed E-state index contributed by atoms with van der Waals surface area (Å²) < 4.78 is 43.5. The number of nitrogens with one attached hydrogen (secondary N) is 2. The summed E-state index contributed by atoms with van der Waals surface area (Å²) in [5, 5.41) is 14.6. The summed E-state index contributed by atoms with van der Waals surface area (Å²) in [6.45, 7) is 3.43. The zero-order valence-electron chi connectivity index (χ0n) is 31.8. The van der Waals surface area contributed by atoms with Crippen LogP contribution in [-0.4, -0.2) is 71.3 Å². The van der Waals surface area contributed by atoms with Crippen molar-refractivity contribution in [3.05, 3.63) is 72.3 Å². The molecule has 15 nitrogen and oxygen atoms in total. The molecule has 4 aromatic carbocycles. The minimum absolute atomic E-state index is 0. The molecule has 2 unspecified atom stereocenters. The summed E-state index contributed by atoms with van der Waals surface area (Å²) in [5.41, 5.74) is 0.993. The lowest BCUT2D eigenvalue weighted by molar-refractivity contribution is -0.145. The van der Waals surface area contributed by atoms with Crippen molar-refractivity contribution in [2.45, 2.75) is 34.1 Å². The summed E-state index contributed by atoms with van der Waals surface area (Å²) in [4.78, 5) is 48.6. The van der Waals surface area contributed by atoms with Gasteiger partial charge in [-0.2, -0.15) is 0 Å². The van der Waals surface area contributed by atoms with Gasteiger partial charge in [0.15, 0.2) is 40.3 Å². The lowest BCUT2D eigenvalue weighted by atomic mass is 9.89. The van der Waals surface area contributed by atoms with Gasteiger partial charge in [0.25, 0.3) is 0 Å². The molecule has 1 aliphatic heterocycles. The quantitative estimate of drug-likeness (QED) is 0.0992. The molecular formula is C41H48N2O13. The second-order valence-electron chi connectivity index (χ2n) is 11.8. The van der Waals surface area contributed by atoms with Crippen LogP contribution in [-0.2, 0) is 14.4 Å². The van der Waals surface area contributed by atoms with E-state index in [4.69, 9.17) is 37.9 Å². The molecule has 5 rings (SSSR count). The number of carbonyl (C=O) groups excluding carboxylic acids is 3. The fourth-order valence-electron chi connectivity index (χ4n) is 5.47. The number of carboxylic acids is 1. The number of hydrogen-bond donors (Lipinski definition) is 3. The number of benzene rings is 4. The highest BCUT2D eigenvalue weighted by atomic mass is 16.5. The summed E-state index contributed by atoms with van der Waals surface area (Å²) in [7, 11) is 9.10. The van der Waals surface area contributed by atoms with E-state index in [0.717, 1.165) is 0 Å². The van der Waals surface area contributed by atoms with Gasteiger partial charge in [0.05, 0.1) is 54.0 Å². The maximum Gasteiger partial charge on any atom is 0.316 e. The van der Waals surface area contributed by atoms with E-state index in [9.17, 15) is 24.3 Å². The van der Waals surface area contributed by atoms with E-state index in [0.29, 0.717) is 75.1 Å². The average Bonchev–Trinajstić information content (AvgIpc) is 3.19. The van der Waals surface area contributed by atoms with E-state index in [1.54, 1.807) is 87.7 Å². The molecule has 0 fully saturated rings. The molecule has 0 spiro atoms. The van der Waals surface area contributed by atoms with Crippen molar-refractivity contribution in [2.75, 3.05) is 53.3 Å². The van der Waals surface area contributed by atoms with Crippen molar-refractivity contribution in [2.24, 2.45) is 11.8 Å². The number of fused-ring (bicyclic) bond motifs is 1. The van der Waals surface area contributed by atoms with Crippen LogP contribution in [0.5, 0.6) is 57.5 Å². The highest BCUT2D eigenvalue weighted by molar-refractivity contribution is 6.21. The molecule has 0 saturated heterocycles. The van der Waals surface area contributed by atoms with E-state index in [-0.39, 0.29) is 31.3 Å². The molecule has 0 saturated carbocycles. The van der Waals surface area contributed by atoms with Gasteiger partial charge in [0.1, 0.15) is 34.8 Å². The van der Waals surface area contributed by atoms with Gasteiger partial charge in [0, 0.05) is 29.8 Å². The molecule has 300 valence electrons. The SMILES string of the molecule is C.CCC(C(=O)O)C(=O)Nc1ccc(OC)cc1Oc1cc(OC)ccc1OC.CCC1C(=O)Nc2c(Oc3ccc(OC)cc3OC)cc(OC)cc2C1=O. The predicted molar refractivity (Wildman–Crippen MR) is 209 cm³/mol. The van der Waals surface area contributed by atoms with Crippen LogP contribution in [0.4, 0.5) is 11.4 Å². The van der Waals surface area contributed by atoms with Gasteiger partial charge in [-0.1, -0.05) is 21.3 Å². The largest absolute Gasteiger partial charge is 0.497 e. The third-order valence-electron chi connectivity index (χ3n) is 8.52. The third-order valence-corrected chi connectivity index (χ3v) is 8.52. The summed E-state index contributed by atoms with van der Waals surface area (Å²) in [5.74, 6) is 0.0602. The Kier molecular flexibility index (Phi) is 15.8. The minimum Gasteiger partial charge on any atom is -0.497 e.